The van der Waals surface area contributed by atoms with E-state index in [1.165, 1.54) is 29.5 Å². The number of carbonyl (C=O) groups excluding carboxylic acids is 1. The van der Waals surface area contributed by atoms with Crippen molar-refractivity contribution in [2.45, 2.75) is 11.8 Å². The Bertz CT molecular complexity index is 1100. The molecule has 3 aromatic rings. The molecule has 1 aromatic heterocycles. The number of benzene rings is 2. The maximum atomic E-state index is 12.4. The summed E-state index contributed by atoms with van der Waals surface area (Å²) in [6.45, 7) is 1.99. The Morgan fingerprint density at radius 3 is 2.57 bits per heavy atom. The van der Waals surface area contributed by atoms with E-state index >= 15 is 0 Å². The smallest absolute Gasteiger partial charge is 0.334 e. The summed E-state index contributed by atoms with van der Waals surface area (Å²) in [5, 5.41) is 2.65. The molecule has 3 rings (SSSR count). The molecule has 7 nitrogen and oxygen atoms in total. The van der Waals surface area contributed by atoms with Gasteiger partial charge in [-0.15, -0.1) is 11.8 Å². The molecule has 0 aliphatic rings. The van der Waals surface area contributed by atoms with Crippen molar-refractivity contribution in [1.29, 1.82) is 0 Å². The van der Waals surface area contributed by atoms with Crippen LogP contribution in [-0.2, 0) is 4.79 Å². The first-order valence-electron chi connectivity index (χ1n) is 8.47. The fraction of sp³-hybridized carbons (Fsp3) is 0.150. The number of para-hydroxylation sites is 2. The number of thioether (sulfide) groups is 1. The number of hydrogen-bond acceptors (Lipinski definition) is 5. The number of anilines is 1. The number of ether oxygens (including phenoxy) is 1. The number of hydrogen-bond donors (Lipinski definition) is 2. The maximum Gasteiger partial charge on any atom is 0.334 e. The molecular weight excluding hydrogens is 378 g/mol. The Hall–Kier alpha value is -3.26. The fourth-order valence-electron chi connectivity index (χ4n) is 2.60. The molecule has 0 unspecified atom stereocenters. The zero-order valence-electron chi connectivity index (χ0n) is 15.4. The van der Waals surface area contributed by atoms with E-state index in [1.807, 2.05) is 31.2 Å². The molecule has 0 radical (unpaired) electrons. The van der Waals surface area contributed by atoms with E-state index in [0.717, 1.165) is 10.5 Å². The molecule has 2 aromatic carbocycles. The van der Waals surface area contributed by atoms with Gasteiger partial charge in [0, 0.05) is 11.0 Å². The Morgan fingerprint density at radius 2 is 1.86 bits per heavy atom. The van der Waals surface area contributed by atoms with Crippen LogP contribution in [-0.4, -0.2) is 28.3 Å². The molecule has 0 atom stereocenters. The monoisotopic (exact) mass is 397 g/mol. The summed E-state index contributed by atoms with van der Waals surface area (Å²) in [5.74, 6) is 0.309. The third-order valence-corrected chi connectivity index (χ3v) is 4.94. The molecule has 0 aliphatic heterocycles. The van der Waals surface area contributed by atoms with E-state index in [9.17, 15) is 14.4 Å². The molecule has 0 aliphatic carbocycles. The van der Waals surface area contributed by atoms with Gasteiger partial charge >= 0.3 is 5.69 Å². The predicted molar refractivity (Wildman–Crippen MR) is 110 cm³/mol. The second kappa shape index (κ2) is 8.62. The first kappa shape index (κ1) is 19.5. The summed E-state index contributed by atoms with van der Waals surface area (Å²) >= 11 is 1.36. The summed E-state index contributed by atoms with van der Waals surface area (Å²) in [6.07, 6.45) is 0. The Balaban J connectivity index is 1.87. The highest BCUT2D eigenvalue weighted by Crippen LogP contribution is 2.23. The Labute approximate surface area is 165 Å². The standard InChI is InChI=1S/C20H19N3O4S/c1-13-7-9-14(10-8-13)28-12-19(25)21-17-11-18(24)22-20(26)23(17)15-5-3-4-6-16(15)27-2/h3-11H,12H2,1-2H3,(H,21,25)(H,22,24,26). The first-order chi connectivity index (χ1) is 13.5. The van der Waals surface area contributed by atoms with E-state index in [-0.39, 0.29) is 17.5 Å². The van der Waals surface area contributed by atoms with Crippen LogP contribution in [0.3, 0.4) is 0 Å². The zero-order valence-corrected chi connectivity index (χ0v) is 16.2. The second-order valence-electron chi connectivity index (χ2n) is 5.98. The molecule has 8 heteroatoms. The number of carbonyl (C=O) groups is 1. The number of aryl methyl sites for hydroxylation is 1. The van der Waals surface area contributed by atoms with E-state index in [2.05, 4.69) is 10.3 Å². The molecule has 2 N–H and O–H groups in total. The van der Waals surface area contributed by atoms with Crippen molar-refractivity contribution >= 4 is 23.5 Å². The van der Waals surface area contributed by atoms with Crippen molar-refractivity contribution in [2.24, 2.45) is 0 Å². The van der Waals surface area contributed by atoms with Crippen LogP contribution in [0.2, 0.25) is 0 Å². The molecule has 0 fully saturated rings. The Morgan fingerprint density at radius 1 is 1.14 bits per heavy atom. The third kappa shape index (κ3) is 4.52. The third-order valence-electron chi connectivity index (χ3n) is 3.93. The van der Waals surface area contributed by atoms with Gasteiger partial charge < -0.3 is 10.1 Å². The number of aromatic amines is 1. The molecule has 28 heavy (non-hydrogen) atoms. The van der Waals surface area contributed by atoms with Crippen molar-refractivity contribution in [3.63, 3.8) is 0 Å². The lowest BCUT2D eigenvalue weighted by Crippen LogP contribution is -2.32. The highest BCUT2D eigenvalue weighted by molar-refractivity contribution is 8.00. The molecular formula is C20H19N3O4S. The summed E-state index contributed by atoms with van der Waals surface area (Å²) in [6, 6.07) is 15.8. The number of methoxy groups -OCH3 is 1. The summed E-state index contributed by atoms with van der Waals surface area (Å²) in [4.78, 5) is 39.8. The number of nitrogens with one attached hydrogen (secondary N) is 2. The van der Waals surface area contributed by atoms with Gasteiger partial charge in [0.25, 0.3) is 5.56 Å². The van der Waals surface area contributed by atoms with Gasteiger partial charge in [-0.25, -0.2) is 9.36 Å². The average Bonchev–Trinajstić information content (AvgIpc) is 2.67. The fourth-order valence-corrected chi connectivity index (χ4v) is 3.30. The zero-order chi connectivity index (χ0) is 20.1. The minimum absolute atomic E-state index is 0.0766. The van der Waals surface area contributed by atoms with Crippen LogP contribution in [0.15, 0.2) is 69.1 Å². The van der Waals surface area contributed by atoms with Gasteiger partial charge in [0.1, 0.15) is 11.6 Å². The molecule has 0 saturated carbocycles. The number of amides is 1. The van der Waals surface area contributed by atoms with Crippen molar-refractivity contribution in [2.75, 3.05) is 18.2 Å². The summed E-state index contributed by atoms with van der Waals surface area (Å²) in [5.41, 5.74) is 0.280. The van der Waals surface area contributed by atoms with E-state index in [4.69, 9.17) is 4.74 Å². The van der Waals surface area contributed by atoms with Gasteiger partial charge in [-0.3, -0.25) is 14.6 Å². The largest absolute Gasteiger partial charge is 0.495 e. The molecule has 1 amide bonds. The second-order valence-corrected chi connectivity index (χ2v) is 7.03. The van der Waals surface area contributed by atoms with Crippen LogP contribution in [0.25, 0.3) is 5.69 Å². The lowest BCUT2D eigenvalue weighted by Gasteiger charge is -2.15. The van der Waals surface area contributed by atoms with Gasteiger partial charge in [0.15, 0.2) is 0 Å². The minimum atomic E-state index is -0.668. The SMILES string of the molecule is COc1ccccc1-n1c(NC(=O)CSc2ccc(C)cc2)cc(=O)[nH]c1=O. The quantitative estimate of drug-likeness (QED) is 0.624. The minimum Gasteiger partial charge on any atom is -0.495 e. The van der Waals surface area contributed by atoms with Gasteiger partial charge in [-0.2, -0.15) is 0 Å². The van der Waals surface area contributed by atoms with Gasteiger partial charge in [0.05, 0.1) is 18.6 Å². The van der Waals surface area contributed by atoms with Crippen LogP contribution in [0.5, 0.6) is 5.75 Å². The maximum absolute atomic E-state index is 12.4. The number of H-pyrrole nitrogens is 1. The van der Waals surface area contributed by atoms with E-state index in [0.29, 0.717) is 11.4 Å². The normalized spacial score (nSPS) is 10.5. The van der Waals surface area contributed by atoms with Gasteiger partial charge in [-0.1, -0.05) is 29.8 Å². The van der Waals surface area contributed by atoms with Gasteiger partial charge in [-0.05, 0) is 31.2 Å². The van der Waals surface area contributed by atoms with Gasteiger partial charge in [0.2, 0.25) is 5.91 Å². The highest BCUT2D eigenvalue weighted by atomic mass is 32.2. The molecule has 144 valence electrons. The van der Waals surface area contributed by atoms with Crippen LogP contribution in [0.4, 0.5) is 5.82 Å². The number of nitrogens with zero attached hydrogens (tertiary/aromatic N) is 1. The molecule has 1 heterocycles. The van der Waals surface area contributed by atoms with Crippen molar-refractivity contribution in [1.82, 2.24) is 9.55 Å². The average molecular weight is 397 g/mol. The molecule has 0 bridgehead atoms. The topological polar surface area (TPSA) is 93.2 Å². The highest BCUT2D eigenvalue weighted by Gasteiger charge is 2.14. The number of rotatable bonds is 6. The number of aromatic nitrogens is 2. The predicted octanol–water partition coefficient (Wildman–Crippen LogP) is 2.57. The van der Waals surface area contributed by atoms with Crippen LogP contribution in [0.1, 0.15) is 5.56 Å². The van der Waals surface area contributed by atoms with Crippen molar-refractivity contribution in [3.05, 3.63) is 81.0 Å². The Kier molecular flexibility index (Phi) is 6.00. The summed E-state index contributed by atoms with van der Waals surface area (Å²) in [7, 11) is 1.48. The van der Waals surface area contributed by atoms with Crippen LogP contribution >= 0.6 is 11.8 Å². The van der Waals surface area contributed by atoms with Crippen molar-refractivity contribution < 1.29 is 9.53 Å². The lowest BCUT2D eigenvalue weighted by molar-refractivity contribution is -0.113. The van der Waals surface area contributed by atoms with Crippen LogP contribution < -0.4 is 21.3 Å². The summed E-state index contributed by atoms with van der Waals surface area (Å²) < 4.78 is 6.49. The lowest BCUT2D eigenvalue weighted by atomic mass is 10.2. The van der Waals surface area contributed by atoms with Crippen molar-refractivity contribution in [3.8, 4) is 11.4 Å². The van der Waals surface area contributed by atoms with Crippen LogP contribution in [0, 0.1) is 6.92 Å². The van der Waals surface area contributed by atoms with E-state index in [1.54, 1.807) is 24.3 Å². The first-order valence-corrected chi connectivity index (χ1v) is 9.45. The molecule has 0 saturated heterocycles. The molecule has 0 spiro atoms. The van der Waals surface area contributed by atoms with E-state index < -0.39 is 11.2 Å².